The van der Waals surface area contributed by atoms with Gasteiger partial charge in [-0.25, -0.2) is 9.59 Å². The normalized spacial score (nSPS) is 19.0. The van der Waals surface area contributed by atoms with Gasteiger partial charge in [-0.15, -0.1) is 0 Å². The maximum Gasteiger partial charge on any atom is 0.337 e. The standard InChI is InChI=1S/C30H33NO6S/c1-5-38-15-14-37-30(34)26-18(2)31-23-16-21(22-8-6-7-9-25(22)35-3)17-24(32)28(23)27(26)19-10-12-20(13-11-19)29(33)36-4/h6-13,21,27,31H,5,14-17H2,1-4H3/t21-,27+/m1/s1. The van der Waals surface area contributed by atoms with E-state index < -0.39 is 17.9 Å². The number of para-hydroxylation sites is 1. The highest BCUT2D eigenvalue weighted by Gasteiger charge is 2.41. The third kappa shape index (κ3) is 5.65. The topological polar surface area (TPSA) is 90.9 Å². The van der Waals surface area contributed by atoms with E-state index in [1.165, 1.54) is 7.11 Å². The molecule has 0 unspecified atom stereocenters. The Morgan fingerprint density at radius 1 is 1.03 bits per heavy atom. The number of Topliss-reactive ketones (excluding diaryl/α,β-unsaturated/α-hetero) is 1. The number of ether oxygens (including phenoxy) is 3. The molecular formula is C30H33NO6S. The van der Waals surface area contributed by atoms with Crippen LogP contribution in [0.4, 0.5) is 0 Å². The molecule has 0 radical (unpaired) electrons. The van der Waals surface area contributed by atoms with Crippen LogP contribution in [0, 0.1) is 0 Å². The van der Waals surface area contributed by atoms with Crippen LogP contribution in [0.15, 0.2) is 71.1 Å². The molecule has 0 amide bonds. The molecule has 1 heterocycles. The summed E-state index contributed by atoms with van der Waals surface area (Å²) in [6.07, 6.45) is 0.900. The average molecular weight is 536 g/mol. The van der Waals surface area contributed by atoms with Gasteiger partial charge < -0.3 is 19.5 Å². The Hall–Kier alpha value is -3.52. The van der Waals surface area contributed by atoms with E-state index in [0.717, 1.165) is 28.3 Å². The number of hydrogen-bond donors (Lipinski definition) is 1. The van der Waals surface area contributed by atoms with Crippen LogP contribution in [0.25, 0.3) is 0 Å². The highest BCUT2D eigenvalue weighted by Crippen LogP contribution is 2.46. The van der Waals surface area contributed by atoms with E-state index in [1.54, 1.807) is 43.1 Å². The summed E-state index contributed by atoms with van der Waals surface area (Å²) in [6.45, 7) is 4.19. The number of dihydropyridines is 1. The van der Waals surface area contributed by atoms with Crippen LogP contribution in [0.2, 0.25) is 0 Å². The van der Waals surface area contributed by atoms with E-state index in [0.29, 0.717) is 41.0 Å². The molecule has 0 aromatic heterocycles. The highest BCUT2D eigenvalue weighted by atomic mass is 32.2. The molecule has 2 aromatic rings. The van der Waals surface area contributed by atoms with E-state index in [2.05, 4.69) is 12.2 Å². The number of carbonyl (C=O) groups is 3. The van der Waals surface area contributed by atoms with Gasteiger partial charge >= 0.3 is 11.9 Å². The van der Waals surface area contributed by atoms with Gasteiger partial charge in [-0.3, -0.25) is 4.79 Å². The van der Waals surface area contributed by atoms with Crippen molar-refractivity contribution in [1.82, 2.24) is 5.32 Å². The fourth-order valence-electron chi connectivity index (χ4n) is 5.21. The van der Waals surface area contributed by atoms with E-state index in [-0.39, 0.29) is 18.3 Å². The molecule has 1 N–H and O–H groups in total. The van der Waals surface area contributed by atoms with Crippen LogP contribution in [0.5, 0.6) is 5.75 Å². The molecule has 2 atom stereocenters. The van der Waals surface area contributed by atoms with Crippen molar-refractivity contribution < 1.29 is 28.6 Å². The predicted octanol–water partition coefficient (Wildman–Crippen LogP) is 5.14. The Labute approximate surface area is 227 Å². The second-order valence-corrected chi connectivity index (χ2v) is 10.6. The summed E-state index contributed by atoms with van der Waals surface area (Å²) in [4.78, 5) is 39.2. The fraction of sp³-hybridized carbons (Fsp3) is 0.367. The third-order valence-electron chi connectivity index (χ3n) is 6.96. The summed E-state index contributed by atoms with van der Waals surface area (Å²) < 4.78 is 16.0. The first kappa shape index (κ1) is 27.5. The summed E-state index contributed by atoms with van der Waals surface area (Å²) in [6, 6.07) is 14.6. The van der Waals surface area contributed by atoms with Crippen molar-refractivity contribution in [3.8, 4) is 5.75 Å². The molecule has 1 aliphatic carbocycles. The van der Waals surface area contributed by atoms with Gasteiger partial charge in [0, 0.05) is 41.0 Å². The minimum atomic E-state index is -0.601. The van der Waals surface area contributed by atoms with Crippen LogP contribution < -0.4 is 10.1 Å². The smallest absolute Gasteiger partial charge is 0.337 e. The predicted molar refractivity (Wildman–Crippen MR) is 147 cm³/mol. The fourth-order valence-corrected chi connectivity index (χ4v) is 5.70. The number of benzene rings is 2. The Bertz CT molecular complexity index is 1280. The molecule has 4 rings (SSSR count). The third-order valence-corrected chi connectivity index (χ3v) is 7.82. The molecule has 0 fully saturated rings. The van der Waals surface area contributed by atoms with Crippen LogP contribution in [0.3, 0.4) is 0 Å². The van der Waals surface area contributed by atoms with E-state index in [1.807, 2.05) is 31.2 Å². The van der Waals surface area contributed by atoms with Crippen LogP contribution in [-0.2, 0) is 19.1 Å². The van der Waals surface area contributed by atoms with Gasteiger partial charge in [0.25, 0.3) is 0 Å². The SMILES string of the molecule is CCSCCOC(=O)C1=C(C)NC2=C(C(=O)C[C@H](c3ccccc3OC)C2)[C@H]1c1ccc(C(=O)OC)cc1. The highest BCUT2D eigenvalue weighted by molar-refractivity contribution is 7.99. The second-order valence-electron chi connectivity index (χ2n) is 9.21. The van der Waals surface area contributed by atoms with Crippen molar-refractivity contribution in [1.29, 1.82) is 0 Å². The van der Waals surface area contributed by atoms with Crippen molar-refractivity contribution >= 4 is 29.5 Å². The molecule has 0 spiro atoms. The van der Waals surface area contributed by atoms with Gasteiger partial charge in [-0.2, -0.15) is 11.8 Å². The number of hydrogen-bond acceptors (Lipinski definition) is 8. The maximum atomic E-state index is 13.8. The summed E-state index contributed by atoms with van der Waals surface area (Å²) in [7, 11) is 2.96. The molecule has 38 heavy (non-hydrogen) atoms. The van der Waals surface area contributed by atoms with Crippen molar-refractivity contribution in [2.75, 3.05) is 32.3 Å². The minimum Gasteiger partial charge on any atom is -0.496 e. The number of nitrogens with one attached hydrogen (secondary N) is 1. The molecule has 2 aliphatic rings. The largest absolute Gasteiger partial charge is 0.496 e. The average Bonchev–Trinajstić information content (AvgIpc) is 2.94. The number of carbonyl (C=O) groups excluding carboxylic acids is 3. The van der Waals surface area contributed by atoms with Crippen LogP contribution >= 0.6 is 11.8 Å². The summed E-state index contributed by atoms with van der Waals surface area (Å²) >= 11 is 1.69. The minimum absolute atomic E-state index is 0.0314. The first-order valence-corrected chi connectivity index (χ1v) is 13.8. The molecule has 200 valence electrons. The molecule has 1 aliphatic heterocycles. The lowest BCUT2D eigenvalue weighted by molar-refractivity contribution is -0.138. The molecule has 0 saturated carbocycles. The summed E-state index contributed by atoms with van der Waals surface area (Å²) in [5, 5.41) is 3.37. The van der Waals surface area contributed by atoms with Crippen LogP contribution in [-0.4, -0.2) is 50.1 Å². The number of ketones is 1. The van der Waals surface area contributed by atoms with E-state index >= 15 is 0 Å². The van der Waals surface area contributed by atoms with Gasteiger partial charge in [-0.1, -0.05) is 37.3 Å². The van der Waals surface area contributed by atoms with Gasteiger partial charge in [0.1, 0.15) is 12.4 Å². The number of allylic oxidation sites excluding steroid dienone is 3. The quantitative estimate of drug-likeness (QED) is 0.349. The Morgan fingerprint density at radius 2 is 1.76 bits per heavy atom. The van der Waals surface area contributed by atoms with Crippen LogP contribution in [0.1, 0.15) is 60.0 Å². The van der Waals surface area contributed by atoms with Gasteiger partial charge in [-0.05, 0) is 48.4 Å². The zero-order valence-electron chi connectivity index (χ0n) is 22.2. The lowest BCUT2D eigenvalue weighted by Gasteiger charge is -2.37. The lowest BCUT2D eigenvalue weighted by Crippen LogP contribution is -2.36. The number of esters is 2. The molecule has 0 bridgehead atoms. The summed E-state index contributed by atoms with van der Waals surface area (Å²) in [5.41, 5.74) is 4.57. The number of thioether (sulfide) groups is 1. The summed E-state index contributed by atoms with van der Waals surface area (Å²) in [5.74, 6) is 0.810. The van der Waals surface area contributed by atoms with E-state index in [9.17, 15) is 14.4 Å². The lowest BCUT2D eigenvalue weighted by atomic mass is 9.71. The first-order valence-electron chi connectivity index (χ1n) is 12.7. The molecule has 0 saturated heterocycles. The first-order chi connectivity index (χ1) is 18.4. The van der Waals surface area contributed by atoms with Crippen molar-refractivity contribution in [2.24, 2.45) is 0 Å². The van der Waals surface area contributed by atoms with Gasteiger partial charge in [0.05, 0.1) is 25.4 Å². The monoisotopic (exact) mass is 535 g/mol. The zero-order chi connectivity index (χ0) is 27.2. The molecule has 7 nitrogen and oxygen atoms in total. The zero-order valence-corrected chi connectivity index (χ0v) is 23.0. The Balaban J connectivity index is 1.74. The van der Waals surface area contributed by atoms with Crippen molar-refractivity contribution in [2.45, 2.75) is 38.5 Å². The van der Waals surface area contributed by atoms with Crippen molar-refractivity contribution in [3.63, 3.8) is 0 Å². The number of rotatable bonds is 9. The Kier molecular flexibility index (Phi) is 8.94. The van der Waals surface area contributed by atoms with Crippen molar-refractivity contribution in [3.05, 3.63) is 87.8 Å². The molecule has 8 heteroatoms. The number of methoxy groups -OCH3 is 2. The van der Waals surface area contributed by atoms with E-state index in [4.69, 9.17) is 14.2 Å². The molecule has 2 aromatic carbocycles. The van der Waals surface area contributed by atoms with Gasteiger partial charge in [0.2, 0.25) is 0 Å². The maximum absolute atomic E-state index is 13.8. The van der Waals surface area contributed by atoms with Gasteiger partial charge in [0.15, 0.2) is 5.78 Å². The molecular weight excluding hydrogens is 502 g/mol. The second kappa shape index (κ2) is 12.3. The Morgan fingerprint density at radius 3 is 2.45 bits per heavy atom.